The van der Waals surface area contributed by atoms with Crippen molar-refractivity contribution in [3.63, 3.8) is 0 Å². The van der Waals surface area contributed by atoms with Crippen molar-refractivity contribution >= 4 is 23.5 Å². The van der Waals surface area contributed by atoms with Crippen molar-refractivity contribution in [2.75, 3.05) is 26.7 Å². The zero-order chi connectivity index (χ0) is 18.8. The number of anilines is 1. The fourth-order valence-electron chi connectivity index (χ4n) is 2.63. The fraction of sp³-hybridized carbons (Fsp3) is 0.167. The van der Waals surface area contributed by atoms with Crippen LogP contribution in [0.25, 0.3) is 0 Å². The van der Waals surface area contributed by atoms with Gasteiger partial charge in [0.2, 0.25) is 0 Å². The van der Waals surface area contributed by atoms with Crippen molar-refractivity contribution < 1.29 is 28.6 Å². The van der Waals surface area contributed by atoms with E-state index in [0.29, 0.717) is 11.1 Å². The molecule has 2 aromatic carbocycles. The number of methoxy groups -OCH3 is 2. The van der Waals surface area contributed by atoms with Gasteiger partial charge in [0.1, 0.15) is 0 Å². The number of imide groups is 1. The van der Waals surface area contributed by atoms with Crippen LogP contribution < -0.4 is 15.2 Å². The van der Waals surface area contributed by atoms with Crippen LogP contribution in [0.1, 0.15) is 31.1 Å². The van der Waals surface area contributed by atoms with Gasteiger partial charge in [-0.3, -0.25) is 9.59 Å². The highest BCUT2D eigenvalue weighted by atomic mass is 16.5. The molecule has 26 heavy (non-hydrogen) atoms. The predicted molar refractivity (Wildman–Crippen MR) is 91.2 cm³/mol. The van der Waals surface area contributed by atoms with Gasteiger partial charge in [0.25, 0.3) is 11.8 Å². The number of nitrogens with zero attached hydrogens (tertiary/aromatic N) is 1. The average molecular weight is 356 g/mol. The molecule has 0 spiro atoms. The molecule has 134 valence electrons. The summed E-state index contributed by atoms with van der Waals surface area (Å²) in [5, 5.41) is 0. The molecule has 0 radical (unpaired) electrons. The number of amides is 2. The van der Waals surface area contributed by atoms with Crippen molar-refractivity contribution in [2.45, 2.75) is 0 Å². The third-order valence-electron chi connectivity index (χ3n) is 3.97. The predicted octanol–water partition coefficient (Wildman–Crippen LogP) is 1.70. The second-order valence-corrected chi connectivity index (χ2v) is 5.44. The van der Waals surface area contributed by atoms with Crippen LogP contribution in [-0.4, -0.2) is 43.6 Å². The Kier molecular flexibility index (Phi) is 4.49. The van der Waals surface area contributed by atoms with Crippen molar-refractivity contribution in [1.82, 2.24) is 4.90 Å². The monoisotopic (exact) mass is 356 g/mol. The standard InChI is InChI=1S/C18H16N2O6/c1-24-14-8-13(19)12(18(23)25-2)7-15(14)26-9-20-16(21)10-5-3-4-6-11(10)17(20)22/h3-8H,9,19H2,1-2H3. The lowest BCUT2D eigenvalue weighted by Gasteiger charge is -2.17. The minimum atomic E-state index is -0.643. The second-order valence-electron chi connectivity index (χ2n) is 5.44. The number of hydrogen-bond acceptors (Lipinski definition) is 7. The molecular formula is C18H16N2O6. The minimum Gasteiger partial charge on any atom is -0.493 e. The van der Waals surface area contributed by atoms with Gasteiger partial charge in [0.05, 0.1) is 36.6 Å². The largest absolute Gasteiger partial charge is 0.493 e. The zero-order valence-electron chi connectivity index (χ0n) is 14.1. The molecule has 8 nitrogen and oxygen atoms in total. The van der Waals surface area contributed by atoms with Gasteiger partial charge in [0, 0.05) is 12.1 Å². The molecule has 0 saturated carbocycles. The fourth-order valence-corrected chi connectivity index (χ4v) is 2.63. The number of benzene rings is 2. The van der Waals surface area contributed by atoms with E-state index in [0.717, 1.165) is 4.90 Å². The van der Waals surface area contributed by atoms with Gasteiger partial charge >= 0.3 is 5.97 Å². The van der Waals surface area contributed by atoms with E-state index in [1.165, 1.54) is 26.4 Å². The highest BCUT2D eigenvalue weighted by Crippen LogP contribution is 2.33. The molecule has 0 bridgehead atoms. The normalized spacial score (nSPS) is 12.8. The van der Waals surface area contributed by atoms with Gasteiger partial charge in [-0.2, -0.15) is 0 Å². The number of ether oxygens (including phenoxy) is 3. The molecule has 1 aliphatic rings. The summed E-state index contributed by atoms with van der Waals surface area (Å²) in [6.07, 6.45) is 0. The lowest BCUT2D eigenvalue weighted by atomic mass is 10.1. The van der Waals surface area contributed by atoms with Crippen molar-refractivity contribution in [1.29, 1.82) is 0 Å². The Bertz CT molecular complexity index is 874. The highest BCUT2D eigenvalue weighted by molar-refractivity contribution is 6.21. The number of nitrogens with two attached hydrogens (primary N) is 1. The highest BCUT2D eigenvalue weighted by Gasteiger charge is 2.35. The molecule has 2 N–H and O–H groups in total. The maximum Gasteiger partial charge on any atom is 0.340 e. The summed E-state index contributed by atoms with van der Waals surface area (Å²) in [6.45, 7) is -0.340. The summed E-state index contributed by atoms with van der Waals surface area (Å²) in [5.74, 6) is -1.14. The maximum atomic E-state index is 12.4. The molecule has 0 atom stereocenters. The van der Waals surface area contributed by atoms with E-state index in [1.54, 1.807) is 24.3 Å². The Labute approximate surface area is 149 Å². The topological polar surface area (TPSA) is 108 Å². The van der Waals surface area contributed by atoms with Crippen LogP contribution in [0.15, 0.2) is 36.4 Å². The van der Waals surface area contributed by atoms with Gasteiger partial charge in [-0.05, 0) is 12.1 Å². The number of rotatable bonds is 5. The molecule has 0 fully saturated rings. The smallest absolute Gasteiger partial charge is 0.340 e. The van der Waals surface area contributed by atoms with Crippen LogP contribution in [0.3, 0.4) is 0 Å². The van der Waals surface area contributed by atoms with Crippen LogP contribution in [-0.2, 0) is 4.74 Å². The molecule has 0 aliphatic carbocycles. The summed E-state index contributed by atoms with van der Waals surface area (Å²) in [4.78, 5) is 37.5. The minimum absolute atomic E-state index is 0.0886. The molecule has 0 saturated heterocycles. The van der Waals surface area contributed by atoms with Crippen molar-refractivity contribution in [3.05, 3.63) is 53.1 Å². The second kappa shape index (κ2) is 6.75. The van der Waals surface area contributed by atoms with E-state index in [4.69, 9.17) is 15.2 Å². The lowest BCUT2D eigenvalue weighted by Crippen LogP contribution is -2.33. The van der Waals surface area contributed by atoms with Crippen LogP contribution in [0.2, 0.25) is 0 Å². The summed E-state index contributed by atoms with van der Waals surface area (Å²) >= 11 is 0. The first kappa shape index (κ1) is 17.3. The number of hydrogen-bond donors (Lipinski definition) is 1. The van der Waals surface area contributed by atoms with Crippen molar-refractivity contribution in [3.8, 4) is 11.5 Å². The van der Waals surface area contributed by atoms with Crippen LogP contribution >= 0.6 is 0 Å². The third kappa shape index (κ3) is 2.81. The molecule has 1 heterocycles. The Balaban J connectivity index is 1.85. The lowest BCUT2D eigenvalue weighted by molar-refractivity contribution is 0.0513. The van der Waals surface area contributed by atoms with E-state index in [9.17, 15) is 14.4 Å². The molecule has 1 aliphatic heterocycles. The number of carbonyl (C=O) groups is 3. The molecule has 0 unspecified atom stereocenters. The average Bonchev–Trinajstić information content (AvgIpc) is 2.90. The van der Waals surface area contributed by atoms with Gasteiger partial charge in [-0.15, -0.1) is 0 Å². The van der Waals surface area contributed by atoms with Crippen LogP contribution in [0.5, 0.6) is 11.5 Å². The maximum absolute atomic E-state index is 12.4. The van der Waals surface area contributed by atoms with Crippen molar-refractivity contribution in [2.24, 2.45) is 0 Å². The molecule has 0 aromatic heterocycles. The Morgan fingerprint density at radius 2 is 1.65 bits per heavy atom. The Hall–Kier alpha value is -3.55. The first-order valence-electron chi connectivity index (χ1n) is 7.61. The van der Waals surface area contributed by atoms with Gasteiger partial charge in [-0.25, -0.2) is 9.69 Å². The van der Waals surface area contributed by atoms with E-state index in [-0.39, 0.29) is 29.5 Å². The van der Waals surface area contributed by atoms with E-state index >= 15 is 0 Å². The van der Waals surface area contributed by atoms with E-state index < -0.39 is 17.8 Å². The van der Waals surface area contributed by atoms with Gasteiger partial charge in [0.15, 0.2) is 18.2 Å². The van der Waals surface area contributed by atoms with Crippen LogP contribution in [0.4, 0.5) is 5.69 Å². The summed E-state index contributed by atoms with van der Waals surface area (Å²) in [5.41, 5.74) is 6.69. The SMILES string of the molecule is COC(=O)c1cc(OCN2C(=O)c3ccccc3C2=O)c(OC)cc1N. The quantitative estimate of drug-likeness (QED) is 0.493. The van der Waals surface area contributed by atoms with Gasteiger partial charge < -0.3 is 19.9 Å². The van der Waals surface area contributed by atoms with Gasteiger partial charge in [-0.1, -0.05) is 12.1 Å². The van der Waals surface area contributed by atoms with Crippen LogP contribution in [0, 0.1) is 0 Å². The summed E-state index contributed by atoms with van der Waals surface area (Å²) in [7, 11) is 2.63. The first-order chi connectivity index (χ1) is 12.5. The van der Waals surface area contributed by atoms with E-state index in [2.05, 4.69) is 4.74 Å². The summed E-state index contributed by atoms with van der Waals surface area (Å²) in [6, 6.07) is 9.27. The number of nitrogen functional groups attached to an aromatic ring is 1. The molecule has 2 amide bonds. The number of fused-ring (bicyclic) bond motifs is 1. The molecule has 8 heteroatoms. The summed E-state index contributed by atoms with van der Waals surface area (Å²) < 4.78 is 15.4. The Morgan fingerprint density at radius 1 is 1.04 bits per heavy atom. The Morgan fingerprint density at radius 3 is 2.19 bits per heavy atom. The third-order valence-corrected chi connectivity index (χ3v) is 3.97. The number of esters is 1. The molecule has 2 aromatic rings. The molecule has 3 rings (SSSR count). The first-order valence-corrected chi connectivity index (χ1v) is 7.61. The zero-order valence-corrected chi connectivity index (χ0v) is 14.1. The van der Waals surface area contributed by atoms with E-state index in [1.807, 2.05) is 0 Å². The number of carbonyl (C=O) groups excluding carboxylic acids is 3. The molecular weight excluding hydrogens is 340 g/mol.